The van der Waals surface area contributed by atoms with Crippen molar-refractivity contribution in [2.75, 3.05) is 11.4 Å². The van der Waals surface area contributed by atoms with Gasteiger partial charge < -0.3 is 4.90 Å². The third kappa shape index (κ3) is 1.75. The molecule has 0 aromatic heterocycles. The third-order valence-electron chi connectivity index (χ3n) is 1.87. The Morgan fingerprint density at radius 2 is 2.00 bits per heavy atom. The van der Waals surface area contributed by atoms with E-state index in [0.29, 0.717) is 0 Å². The second-order valence-corrected chi connectivity index (χ2v) is 2.76. The molecule has 0 amide bonds. The summed E-state index contributed by atoms with van der Waals surface area (Å²) < 4.78 is 12.6. The average Bonchev–Trinajstić information content (AvgIpc) is 2.20. The smallest absolute Gasteiger partial charge is 0.123 e. The van der Waals surface area contributed by atoms with Crippen molar-refractivity contribution in [1.82, 2.24) is 0 Å². The normalized spacial score (nSPS) is 15.0. The maximum absolute atomic E-state index is 12.6. The molecule has 0 N–H and O–H groups in total. The molecule has 0 spiro atoms. The summed E-state index contributed by atoms with van der Waals surface area (Å²) in [6.45, 7) is 0.738. The van der Waals surface area contributed by atoms with Crippen LogP contribution in [0.15, 0.2) is 41.7 Å². The molecule has 0 fully saturated rings. The average molecular weight is 176 g/mol. The Labute approximate surface area is 76.0 Å². The molecule has 0 aliphatic carbocycles. The number of nitrogens with zero attached hydrogens (tertiary/aromatic N) is 2. The summed E-state index contributed by atoms with van der Waals surface area (Å²) in [4.78, 5) is 5.94. The van der Waals surface area contributed by atoms with Crippen LogP contribution >= 0.6 is 0 Å². The minimum absolute atomic E-state index is 0.210. The van der Waals surface area contributed by atoms with Gasteiger partial charge in [0.2, 0.25) is 0 Å². The standard InChI is InChI=1S/C10H9FN2/c11-9-1-3-10(4-2-9)13-7-5-12-6-8-13/h1-7H,8H2. The van der Waals surface area contributed by atoms with Crippen molar-refractivity contribution < 1.29 is 4.39 Å². The first-order valence-electron chi connectivity index (χ1n) is 4.07. The molecule has 13 heavy (non-hydrogen) atoms. The molecule has 1 heterocycles. The van der Waals surface area contributed by atoms with Crippen LogP contribution in [0.5, 0.6) is 0 Å². The number of hydrogen-bond acceptors (Lipinski definition) is 2. The van der Waals surface area contributed by atoms with Gasteiger partial charge in [0.1, 0.15) is 5.82 Å². The largest absolute Gasteiger partial charge is 0.341 e. The maximum atomic E-state index is 12.6. The van der Waals surface area contributed by atoms with Crippen LogP contribution in [-0.4, -0.2) is 12.8 Å². The van der Waals surface area contributed by atoms with E-state index in [1.165, 1.54) is 12.1 Å². The molecule has 0 bridgehead atoms. The fourth-order valence-electron chi connectivity index (χ4n) is 1.20. The van der Waals surface area contributed by atoms with Gasteiger partial charge in [0, 0.05) is 24.3 Å². The molecule has 0 saturated carbocycles. The van der Waals surface area contributed by atoms with Gasteiger partial charge in [-0.15, -0.1) is 0 Å². The molecule has 0 unspecified atom stereocenters. The van der Waals surface area contributed by atoms with Gasteiger partial charge in [0.05, 0.1) is 6.54 Å². The van der Waals surface area contributed by atoms with Crippen LogP contribution in [-0.2, 0) is 0 Å². The van der Waals surface area contributed by atoms with Gasteiger partial charge >= 0.3 is 0 Å². The van der Waals surface area contributed by atoms with Crippen LogP contribution in [0.3, 0.4) is 0 Å². The quantitative estimate of drug-likeness (QED) is 0.640. The summed E-state index contributed by atoms with van der Waals surface area (Å²) in [5.74, 6) is -0.210. The Morgan fingerprint density at radius 3 is 2.62 bits per heavy atom. The fraction of sp³-hybridized carbons (Fsp3) is 0.100. The lowest BCUT2D eigenvalue weighted by Crippen LogP contribution is -2.20. The van der Waals surface area contributed by atoms with Crippen LogP contribution in [0.4, 0.5) is 10.1 Å². The lowest BCUT2D eigenvalue weighted by Gasteiger charge is -2.19. The number of rotatable bonds is 1. The van der Waals surface area contributed by atoms with Crippen LogP contribution in [0, 0.1) is 5.82 Å². The van der Waals surface area contributed by atoms with E-state index in [-0.39, 0.29) is 5.82 Å². The highest BCUT2D eigenvalue weighted by atomic mass is 19.1. The Kier molecular flexibility index (Phi) is 2.08. The summed E-state index contributed by atoms with van der Waals surface area (Å²) in [6.07, 6.45) is 5.39. The first-order valence-corrected chi connectivity index (χ1v) is 4.07. The van der Waals surface area contributed by atoms with E-state index in [2.05, 4.69) is 4.99 Å². The zero-order chi connectivity index (χ0) is 9.10. The molecule has 66 valence electrons. The monoisotopic (exact) mass is 176 g/mol. The Bertz CT molecular complexity index is 340. The van der Waals surface area contributed by atoms with E-state index in [4.69, 9.17) is 0 Å². The van der Waals surface area contributed by atoms with E-state index in [9.17, 15) is 4.39 Å². The summed E-state index contributed by atoms with van der Waals surface area (Å²) >= 11 is 0. The van der Waals surface area contributed by atoms with Crippen LogP contribution < -0.4 is 4.90 Å². The lowest BCUT2D eigenvalue weighted by molar-refractivity contribution is 0.628. The topological polar surface area (TPSA) is 15.6 Å². The van der Waals surface area contributed by atoms with Crippen molar-refractivity contribution >= 4 is 11.9 Å². The van der Waals surface area contributed by atoms with Crippen molar-refractivity contribution in [3.63, 3.8) is 0 Å². The van der Waals surface area contributed by atoms with Crippen molar-refractivity contribution in [3.05, 3.63) is 42.5 Å². The molecular weight excluding hydrogens is 167 g/mol. The van der Waals surface area contributed by atoms with E-state index in [1.54, 1.807) is 18.3 Å². The van der Waals surface area contributed by atoms with Crippen LogP contribution in [0.2, 0.25) is 0 Å². The number of benzene rings is 1. The molecule has 2 rings (SSSR count). The highest BCUT2D eigenvalue weighted by Crippen LogP contribution is 2.15. The van der Waals surface area contributed by atoms with Gasteiger partial charge in [-0.05, 0) is 24.3 Å². The minimum Gasteiger partial charge on any atom is -0.341 e. The van der Waals surface area contributed by atoms with Gasteiger partial charge in [0.25, 0.3) is 0 Å². The molecule has 0 saturated heterocycles. The fourth-order valence-corrected chi connectivity index (χ4v) is 1.20. The van der Waals surface area contributed by atoms with Crippen molar-refractivity contribution in [3.8, 4) is 0 Å². The molecule has 1 aliphatic rings. The van der Waals surface area contributed by atoms with Crippen molar-refractivity contribution in [1.29, 1.82) is 0 Å². The molecular formula is C10H9FN2. The Hall–Kier alpha value is -1.64. The van der Waals surface area contributed by atoms with Gasteiger partial charge in [-0.2, -0.15) is 0 Å². The number of anilines is 1. The number of halogens is 1. The van der Waals surface area contributed by atoms with Crippen molar-refractivity contribution in [2.24, 2.45) is 4.99 Å². The van der Waals surface area contributed by atoms with Gasteiger partial charge in [0.15, 0.2) is 0 Å². The molecule has 1 aromatic rings. The highest BCUT2D eigenvalue weighted by Gasteiger charge is 2.02. The summed E-state index contributed by atoms with van der Waals surface area (Å²) in [6, 6.07) is 6.40. The first-order chi connectivity index (χ1) is 6.36. The number of hydrogen-bond donors (Lipinski definition) is 0. The summed E-state index contributed by atoms with van der Waals surface area (Å²) in [7, 11) is 0. The zero-order valence-corrected chi connectivity index (χ0v) is 7.02. The summed E-state index contributed by atoms with van der Waals surface area (Å²) in [5, 5.41) is 0. The van der Waals surface area contributed by atoms with Crippen LogP contribution in [0.1, 0.15) is 0 Å². The lowest BCUT2D eigenvalue weighted by atomic mass is 10.3. The molecule has 0 radical (unpaired) electrons. The van der Waals surface area contributed by atoms with Crippen molar-refractivity contribution in [2.45, 2.75) is 0 Å². The highest BCUT2D eigenvalue weighted by molar-refractivity contribution is 5.69. The molecule has 0 atom stereocenters. The second-order valence-electron chi connectivity index (χ2n) is 2.76. The third-order valence-corrected chi connectivity index (χ3v) is 1.87. The Morgan fingerprint density at radius 1 is 1.23 bits per heavy atom. The van der Waals surface area contributed by atoms with Gasteiger partial charge in [-0.1, -0.05) is 0 Å². The van der Waals surface area contributed by atoms with E-state index in [0.717, 1.165) is 12.2 Å². The SMILES string of the molecule is Fc1ccc(N2C=CN=CC2)cc1. The maximum Gasteiger partial charge on any atom is 0.123 e. The molecule has 1 aromatic carbocycles. The first kappa shape index (κ1) is 7.98. The minimum atomic E-state index is -0.210. The predicted molar refractivity (Wildman–Crippen MR) is 51.4 cm³/mol. The van der Waals surface area contributed by atoms with E-state index < -0.39 is 0 Å². The predicted octanol–water partition coefficient (Wildman–Crippen LogP) is 2.19. The van der Waals surface area contributed by atoms with Gasteiger partial charge in [-0.25, -0.2) is 4.39 Å². The van der Waals surface area contributed by atoms with E-state index in [1.807, 2.05) is 17.3 Å². The second kappa shape index (κ2) is 3.39. The van der Waals surface area contributed by atoms with E-state index >= 15 is 0 Å². The number of aliphatic imine (C=N–C) groups is 1. The molecule has 2 nitrogen and oxygen atoms in total. The zero-order valence-electron chi connectivity index (χ0n) is 7.02. The van der Waals surface area contributed by atoms with Crippen LogP contribution in [0.25, 0.3) is 0 Å². The molecule has 3 heteroatoms. The Balaban J connectivity index is 2.21. The van der Waals surface area contributed by atoms with Gasteiger partial charge in [-0.3, -0.25) is 4.99 Å². The molecule has 1 aliphatic heterocycles. The summed E-state index contributed by atoms with van der Waals surface area (Å²) in [5.41, 5.74) is 0.976.